The van der Waals surface area contributed by atoms with Gasteiger partial charge in [0.2, 0.25) is 0 Å². The molecule has 1 aromatic carbocycles. The zero-order valence-corrected chi connectivity index (χ0v) is 13.0. The minimum atomic E-state index is -3.54. The van der Waals surface area contributed by atoms with Crippen molar-refractivity contribution in [2.45, 2.75) is 46.1 Å². The van der Waals surface area contributed by atoms with Gasteiger partial charge in [0.25, 0.3) is 0 Å². The van der Waals surface area contributed by atoms with Crippen molar-refractivity contribution in [1.29, 1.82) is 0 Å². The van der Waals surface area contributed by atoms with Crippen molar-refractivity contribution in [3.8, 4) is 5.75 Å². The molecule has 5 nitrogen and oxygen atoms in total. The molecule has 1 aromatic rings. The number of rotatable bonds is 3. The maximum atomic E-state index is 12.5. The third kappa shape index (κ3) is 3.07. The molecule has 6 heteroatoms. The minimum absolute atomic E-state index is 0.0276. The monoisotopic (exact) mass is 298 g/mol. The van der Waals surface area contributed by atoms with Crippen LogP contribution in [-0.4, -0.2) is 30.4 Å². The molecule has 1 atom stereocenters. The van der Waals surface area contributed by atoms with Crippen LogP contribution in [0.4, 0.5) is 5.69 Å². The summed E-state index contributed by atoms with van der Waals surface area (Å²) in [5.41, 5.74) is 1.89. The Morgan fingerprint density at radius 1 is 1.25 bits per heavy atom. The van der Waals surface area contributed by atoms with Crippen molar-refractivity contribution in [3.05, 3.63) is 23.3 Å². The van der Waals surface area contributed by atoms with E-state index in [1.807, 2.05) is 6.92 Å². The molecule has 0 bridgehead atoms. The van der Waals surface area contributed by atoms with Crippen molar-refractivity contribution in [2.75, 3.05) is 11.3 Å². The van der Waals surface area contributed by atoms with Gasteiger partial charge < -0.3 is 5.11 Å². The summed E-state index contributed by atoms with van der Waals surface area (Å²) in [6.45, 7) is 6.02. The summed E-state index contributed by atoms with van der Waals surface area (Å²) in [4.78, 5) is 0. The fraction of sp³-hybridized carbons (Fsp3) is 0.571. The van der Waals surface area contributed by atoms with Crippen molar-refractivity contribution in [3.63, 3.8) is 0 Å². The van der Waals surface area contributed by atoms with Crippen LogP contribution in [0.2, 0.25) is 0 Å². The number of piperidine rings is 1. The topological polar surface area (TPSA) is 69.6 Å². The summed E-state index contributed by atoms with van der Waals surface area (Å²) in [6, 6.07) is 3.27. The first-order valence-electron chi connectivity index (χ1n) is 6.91. The quantitative estimate of drug-likeness (QED) is 0.843. The standard InChI is InChI=1S/C14H22N2O3S/c1-10-9-14(17)11(2)8-13(10)15-20(18,19)16-7-5-4-6-12(16)3/h8-9,12,15,17H,4-7H2,1-3H3. The third-order valence-corrected chi connectivity index (χ3v) is 5.47. The highest BCUT2D eigenvalue weighted by Gasteiger charge is 2.29. The van der Waals surface area contributed by atoms with Gasteiger partial charge in [-0.3, -0.25) is 4.72 Å². The molecular weight excluding hydrogens is 276 g/mol. The molecule has 1 unspecified atom stereocenters. The van der Waals surface area contributed by atoms with Crippen LogP contribution in [0.15, 0.2) is 12.1 Å². The molecule has 1 aliphatic rings. The van der Waals surface area contributed by atoms with Gasteiger partial charge in [-0.2, -0.15) is 12.7 Å². The van der Waals surface area contributed by atoms with Crippen molar-refractivity contribution in [2.24, 2.45) is 0 Å². The van der Waals surface area contributed by atoms with Gasteiger partial charge >= 0.3 is 10.2 Å². The number of hydrogen-bond donors (Lipinski definition) is 2. The molecule has 0 aliphatic carbocycles. The maximum absolute atomic E-state index is 12.5. The normalized spacial score (nSPS) is 20.9. The second kappa shape index (κ2) is 5.61. The summed E-state index contributed by atoms with van der Waals surface area (Å²) in [6.07, 6.45) is 2.87. The first-order chi connectivity index (χ1) is 9.31. The number of phenolic OH excluding ortho intramolecular Hbond substituents is 1. The Kier molecular flexibility index (Phi) is 4.25. The molecule has 2 N–H and O–H groups in total. The van der Waals surface area contributed by atoms with Gasteiger partial charge in [0, 0.05) is 12.6 Å². The highest BCUT2D eigenvalue weighted by molar-refractivity contribution is 7.90. The lowest BCUT2D eigenvalue weighted by molar-refractivity contribution is 0.270. The number of phenols is 1. The van der Waals surface area contributed by atoms with E-state index in [1.54, 1.807) is 26.0 Å². The predicted octanol–water partition coefficient (Wildman–Crippen LogP) is 2.54. The third-order valence-electron chi connectivity index (χ3n) is 3.83. The lowest BCUT2D eigenvalue weighted by Crippen LogP contribution is -2.44. The molecule has 0 spiro atoms. The molecule has 0 aromatic heterocycles. The number of aromatic hydroxyl groups is 1. The van der Waals surface area contributed by atoms with Gasteiger partial charge in [-0.05, 0) is 56.9 Å². The summed E-state index contributed by atoms with van der Waals surface area (Å²) >= 11 is 0. The largest absolute Gasteiger partial charge is 0.508 e. The predicted molar refractivity (Wildman–Crippen MR) is 80.1 cm³/mol. The Morgan fingerprint density at radius 2 is 1.95 bits per heavy atom. The molecule has 2 rings (SSSR count). The molecule has 0 amide bonds. The van der Waals surface area contributed by atoms with Crippen LogP contribution >= 0.6 is 0 Å². The van der Waals surface area contributed by atoms with Crippen LogP contribution in [0.5, 0.6) is 5.75 Å². The number of anilines is 1. The zero-order chi connectivity index (χ0) is 14.9. The molecule has 0 saturated carbocycles. The van der Waals surface area contributed by atoms with E-state index in [4.69, 9.17) is 0 Å². The van der Waals surface area contributed by atoms with Gasteiger partial charge in [0.15, 0.2) is 0 Å². The van der Waals surface area contributed by atoms with Crippen molar-refractivity contribution >= 4 is 15.9 Å². The van der Waals surface area contributed by atoms with E-state index >= 15 is 0 Å². The number of aryl methyl sites for hydroxylation is 2. The van der Waals surface area contributed by atoms with E-state index in [2.05, 4.69) is 4.72 Å². The number of nitrogens with one attached hydrogen (secondary N) is 1. The van der Waals surface area contributed by atoms with Crippen LogP contribution in [0, 0.1) is 13.8 Å². The summed E-state index contributed by atoms with van der Waals surface area (Å²) in [7, 11) is -3.54. The Labute approximate surface area is 120 Å². The second-order valence-electron chi connectivity index (χ2n) is 5.52. The fourth-order valence-corrected chi connectivity index (χ4v) is 4.10. The van der Waals surface area contributed by atoms with Crippen LogP contribution in [0.25, 0.3) is 0 Å². The molecule has 1 saturated heterocycles. The molecule has 1 fully saturated rings. The lowest BCUT2D eigenvalue weighted by atomic mass is 10.1. The van der Waals surface area contributed by atoms with Crippen molar-refractivity contribution < 1.29 is 13.5 Å². The first-order valence-corrected chi connectivity index (χ1v) is 8.35. The van der Waals surface area contributed by atoms with Gasteiger partial charge in [0.1, 0.15) is 5.75 Å². The maximum Gasteiger partial charge on any atom is 0.301 e. The van der Waals surface area contributed by atoms with Gasteiger partial charge in [-0.1, -0.05) is 6.42 Å². The van der Waals surface area contributed by atoms with E-state index in [0.29, 0.717) is 23.4 Å². The Balaban J connectivity index is 2.26. The van der Waals surface area contributed by atoms with Crippen LogP contribution in [0.1, 0.15) is 37.3 Å². The Morgan fingerprint density at radius 3 is 2.60 bits per heavy atom. The van der Waals surface area contributed by atoms with Gasteiger partial charge in [0.05, 0.1) is 5.69 Å². The van der Waals surface area contributed by atoms with E-state index in [9.17, 15) is 13.5 Å². The van der Waals surface area contributed by atoms with Crippen LogP contribution in [-0.2, 0) is 10.2 Å². The molecular formula is C14H22N2O3S. The fourth-order valence-electron chi connectivity index (χ4n) is 2.54. The van der Waals surface area contributed by atoms with Crippen molar-refractivity contribution in [1.82, 2.24) is 4.31 Å². The minimum Gasteiger partial charge on any atom is -0.508 e. The van der Waals surface area contributed by atoms with Crippen LogP contribution < -0.4 is 4.72 Å². The summed E-state index contributed by atoms with van der Waals surface area (Å²) in [5, 5.41) is 9.63. The van der Waals surface area contributed by atoms with E-state index in [-0.39, 0.29) is 11.8 Å². The average molecular weight is 298 g/mol. The van der Waals surface area contributed by atoms with Gasteiger partial charge in [-0.15, -0.1) is 0 Å². The Bertz CT molecular complexity index is 599. The highest BCUT2D eigenvalue weighted by atomic mass is 32.2. The smallest absolute Gasteiger partial charge is 0.301 e. The first kappa shape index (κ1) is 15.1. The molecule has 20 heavy (non-hydrogen) atoms. The SMILES string of the molecule is Cc1cc(NS(=O)(=O)N2CCCCC2C)c(C)cc1O. The summed E-state index contributed by atoms with van der Waals surface area (Å²) in [5.74, 6) is 0.178. The highest BCUT2D eigenvalue weighted by Crippen LogP contribution is 2.27. The lowest BCUT2D eigenvalue weighted by Gasteiger charge is -2.32. The zero-order valence-electron chi connectivity index (χ0n) is 12.2. The summed E-state index contributed by atoms with van der Waals surface area (Å²) < 4.78 is 29.1. The Hall–Kier alpha value is -1.27. The number of nitrogens with zero attached hydrogens (tertiary/aromatic N) is 1. The molecule has 112 valence electrons. The van der Waals surface area contributed by atoms with Gasteiger partial charge in [-0.25, -0.2) is 0 Å². The average Bonchev–Trinajstić information content (AvgIpc) is 2.36. The number of benzene rings is 1. The van der Waals surface area contributed by atoms with E-state index in [1.165, 1.54) is 4.31 Å². The number of hydrogen-bond acceptors (Lipinski definition) is 3. The van der Waals surface area contributed by atoms with E-state index < -0.39 is 10.2 Å². The molecule has 1 heterocycles. The second-order valence-corrected chi connectivity index (χ2v) is 7.14. The molecule has 1 aliphatic heterocycles. The van der Waals surface area contributed by atoms with Crippen LogP contribution in [0.3, 0.4) is 0 Å². The van der Waals surface area contributed by atoms with E-state index in [0.717, 1.165) is 19.3 Å². The molecule has 0 radical (unpaired) electrons.